The molecule has 0 aromatic carbocycles. The molecule has 0 aromatic rings. The quantitative estimate of drug-likeness (QED) is 0.0423. The van der Waals surface area contributed by atoms with Gasteiger partial charge in [0.2, 0.25) is 5.91 Å². The van der Waals surface area contributed by atoms with E-state index in [9.17, 15) is 15.0 Å². The number of carbonyl (C=O) groups is 1. The largest absolute Gasteiger partial charge is 0.394 e. The molecule has 0 bridgehead atoms. The Balaban J connectivity index is 3.41. The zero-order valence-electron chi connectivity index (χ0n) is 39.5. The lowest BCUT2D eigenvalue weighted by Crippen LogP contribution is -2.45. The van der Waals surface area contributed by atoms with Crippen LogP contribution in [-0.2, 0) is 4.79 Å². The maximum atomic E-state index is 12.4. The predicted octanol–water partition coefficient (Wildman–Crippen LogP) is 16.9. The van der Waals surface area contributed by atoms with Crippen molar-refractivity contribution in [3.8, 4) is 0 Å². The Hall–Kier alpha value is -1.91. The number of allylic oxidation sites excluding steroid dienone is 9. The molecule has 0 saturated heterocycles. The van der Waals surface area contributed by atoms with E-state index in [0.717, 1.165) is 44.9 Å². The second-order valence-electron chi connectivity index (χ2n) is 17.6. The summed E-state index contributed by atoms with van der Waals surface area (Å²) >= 11 is 0. The van der Waals surface area contributed by atoms with Crippen LogP contribution in [0.3, 0.4) is 0 Å². The summed E-state index contributed by atoms with van der Waals surface area (Å²) in [5.41, 5.74) is 0. The molecular formula is C55H101NO3. The second kappa shape index (κ2) is 50.4. The highest BCUT2D eigenvalue weighted by molar-refractivity contribution is 5.76. The molecule has 4 nitrogen and oxygen atoms in total. The first-order valence-corrected chi connectivity index (χ1v) is 26.0. The number of unbranched alkanes of at least 4 members (excludes halogenated alkanes) is 32. The van der Waals surface area contributed by atoms with Crippen LogP contribution in [0.25, 0.3) is 0 Å². The lowest BCUT2D eigenvalue weighted by Gasteiger charge is -2.19. The Morgan fingerprint density at radius 3 is 1.12 bits per heavy atom. The van der Waals surface area contributed by atoms with Gasteiger partial charge in [0.05, 0.1) is 18.8 Å². The minimum Gasteiger partial charge on any atom is -0.394 e. The van der Waals surface area contributed by atoms with Crippen molar-refractivity contribution in [3.63, 3.8) is 0 Å². The zero-order valence-corrected chi connectivity index (χ0v) is 39.5. The number of nitrogens with one attached hydrogen (secondary N) is 1. The molecule has 344 valence electrons. The summed E-state index contributed by atoms with van der Waals surface area (Å²) in [6.07, 6.45) is 71.0. The van der Waals surface area contributed by atoms with E-state index in [0.29, 0.717) is 6.42 Å². The fraction of sp³-hybridized carbons (Fsp3) is 0.800. The molecule has 2 unspecified atom stereocenters. The van der Waals surface area contributed by atoms with Gasteiger partial charge < -0.3 is 15.5 Å². The number of hydrogen-bond donors (Lipinski definition) is 3. The van der Waals surface area contributed by atoms with E-state index in [4.69, 9.17) is 0 Å². The van der Waals surface area contributed by atoms with Gasteiger partial charge in [-0.05, 0) is 70.6 Å². The van der Waals surface area contributed by atoms with Crippen LogP contribution in [0.4, 0.5) is 0 Å². The van der Waals surface area contributed by atoms with E-state index < -0.39 is 12.1 Å². The molecule has 0 saturated carbocycles. The van der Waals surface area contributed by atoms with Gasteiger partial charge in [-0.3, -0.25) is 4.79 Å². The molecule has 0 rings (SSSR count). The molecule has 59 heavy (non-hydrogen) atoms. The van der Waals surface area contributed by atoms with Crippen LogP contribution in [0.2, 0.25) is 0 Å². The van der Waals surface area contributed by atoms with Crippen LogP contribution in [-0.4, -0.2) is 34.9 Å². The SMILES string of the molecule is CCCCCC/C=C/CC/C=C/C(O)C(CO)NC(=O)CCCCCCCCCCCCCCCCCCCCCCCC/C=C\C/C=C\C/C=C\CCCCCCC. The third-order valence-electron chi connectivity index (χ3n) is 11.7. The average Bonchev–Trinajstić information content (AvgIpc) is 3.24. The minimum atomic E-state index is -0.860. The maximum absolute atomic E-state index is 12.4. The smallest absolute Gasteiger partial charge is 0.220 e. The van der Waals surface area contributed by atoms with E-state index >= 15 is 0 Å². The molecule has 0 spiro atoms. The average molecular weight is 824 g/mol. The van der Waals surface area contributed by atoms with Gasteiger partial charge in [-0.25, -0.2) is 0 Å². The highest BCUT2D eigenvalue weighted by atomic mass is 16.3. The molecule has 0 aliphatic carbocycles. The second-order valence-corrected chi connectivity index (χ2v) is 17.6. The minimum absolute atomic E-state index is 0.0741. The van der Waals surface area contributed by atoms with E-state index in [1.165, 1.54) is 199 Å². The first kappa shape index (κ1) is 57.1. The number of hydrogen-bond acceptors (Lipinski definition) is 3. The topological polar surface area (TPSA) is 69.6 Å². The monoisotopic (exact) mass is 824 g/mol. The maximum Gasteiger partial charge on any atom is 0.220 e. The normalized spacial score (nSPS) is 13.4. The molecular weight excluding hydrogens is 723 g/mol. The lowest BCUT2D eigenvalue weighted by molar-refractivity contribution is -0.123. The van der Waals surface area contributed by atoms with Gasteiger partial charge in [0.1, 0.15) is 0 Å². The van der Waals surface area contributed by atoms with Crippen molar-refractivity contribution in [1.82, 2.24) is 5.32 Å². The van der Waals surface area contributed by atoms with E-state index in [1.54, 1.807) is 6.08 Å². The summed E-state index contributed by atoms with van der Waals surface area (Å²) in [5, 5.41) is 22.9. The Morgan fingerprint density at radius 1 is 0.407 bits per heavy atom. The summed E-state index contributed by atoms with van der Waals surface area (Å²) in [6.45, 7) is 4.25. The van der Waals surface area contributed by atoms with Crippen LogP contribution in [0.15, 0.2) is 60.8 Å². The number of aliphatic hydroxyl groups excluding tert-OH is 2. The van der Waals surface area contributed by atoms with Crippen molar-refractivity contribution >= 4 is 5.91 Å². The van der Waals surface area contributed by atoms with Crippen molar-refractivity contribution in [3.05, 3.63) is 60.8 Å². The van der Waals surface area contributed by atoms with Crippen LogP contribution in [0.5, 0.6) is 0 Å². The van der Waals surface area contributed by atoms with Gasteiger partial charge in [0, 0.05) is 6.42 Å². The van der Waals surface area contributed by atoms with Gasteiger partial charge >= 0.3 is 0 Å². The molecule has 0 aliphatic heterocycles. The molecule has 0 heterocycles. The van der Waals surface area contributed by atoms with Crippen molar-refractivity contribution in [1.29, 1.82) is 0 Å². The summed E-state index contributed by atoms with van der Waals surface area (Å²) in [7, 11) is 0. The molecule has 0 fully saturated rings. The molecule has 2 atom stereocenters. The number of carbonyl (C=O) groups excluding carboxylic acids is 1. The number of amides is 1. The van der Waals surface area contributed by atoms with E-state index in [-0.39, 0.29) is 12.5 Å². The van der Waals surface area contributed by atoms with Crippen LogP contribution < -0.4 is 5.32 Å². The summed E-state index contributed by atoms with van der Waals surface area (Å²) in [5.74, 6) is -0.0741. The standard InChI is InChI=1S/C55H101NO3/c1-3-5-7-9-11-13-15-16-17-18-19-20-21-22-23-24-25-26-27-28-29-30-31-32-33-34-35-36-37-38-39-40-41-43-45-47-49-51-55(59)56-53(52-57)54(58)50-48-46-44-42-14-12-10-8-6-4-2/h14-16,18-19,21-22,42,48,50,53-54,57-58H,3-13,17,20,23-41,43-47,49,51-52H2,1-2H3,(H,56,59)/b16-15-,19-18-,22-21-,42-14+,50-48+. The van der Waals surface area contributed by atoms with Gasteiger partial charge in [0.25, 0.3) is 0 Å². The van der Waals surface area contributed by atoms with Crippen molar-refractivity contribution in [2.24, 2.45) is 0 Å². The van der Waals surface area contributed by atoms with E-state index in [1.807, 2.05) is 6.08 Å². The van der Waals surface area contributed by atoms with Gasteiger partial charge in [-0.1, -0.05) is 248 Å². The molecule has 0 radical (unpaired) electrons. The molecule has 1 amide bonds. The highest BCUT2D eigenvalue weighted by Gasteiger charge is 2.17. The third kappa shape index (κ3) is 47.0. The summed E-state index contributed by atoms with van der Waals surface area (Å²) in [6, 6.07) is -0.637. The highest BCUT2D eigenvalue weighted by Crippen LogP contribution is 2.16. The Kier molecular flexibility index (Phi) is 48.8. The van der Waals surface area contributed by atoms with Gasteiger partial charge in [0.15, 0.2) is 0 Å². The van der Waals surface area contributed by atoms with Crippen LogP contribution in [0.1, 0.15) is 264 Å². The number of aliphatic hydroxyl groups is 2. The first-order valence-electron chi connectivity index (χ1n) is 26.0. The van der Waals surface area contributed by atoms with E-state index in [2.05, 4.69) is 67.8 Å². The predicted molar refractivity (Wildman–Crippen MR) is 262 cm³/mol. The first-order chi connectivity index (χ1) is 29.2. The summed E-state index contributed by atoms with van der Waals surface area (Å²) in [4.78, 5) is 12.4. The van der Waals surface area contributed by atoms with Crippen molar-refractivity contribution in [2.45, 2.75) is 276 Å². The number of rotatable bonds is 47. The van der Waals surface area contributed by atoms with Crippen molar-refractivity contribution in [2.75, 3.05) is 6.61 Å². The fourth-order valence-corrected chi connectivity index (χ4v) is 7.73. The van der Waals surface area contributed by atoms with Crippen molar-refractivity contribution < 1.29 is 15.0 Å². The van der Waals surface area contributed by atoms with Gasteiger partial charge in [-0.15, -0.1) is 0 Å². The Bertz CT molecular complexity index is 981. The van der Waals surface area contributed by atoms with Crippen LogP contribution in [0, 0.1) is 0 Å². The Morgan fingerprint density at radius 2 is 0.712 bits per heavy atom. The molecule has 4 heteroatoms. The third-order valence-corrected chi connectivity index (χ3v) is 11.7. The van der Waals surface area contributed by atoms with Crippen LogP contribution >= 0.6 is 0 Å². The molecule has 3 N–H and O–H groups in total. The zero-order chi connectivity index (χ0) is 42.8. The molecule has 0 aromatic heterocycles. The lowest BCUT2D eigenvalue weighted by atomic mass is 10.0. The summed E-state index contributed by atoms with van der Waals surface area (Å²) < 4.78 is 0. The fourth-order valence-electron chi connectivity index (χ4n) is 7.73. The Labute approximate surface area is 368 Å². The van der Waals surface area contributed by atoms with Gasteiger partial charge in [-0.2, -0.15) is 0 Å². The molecule has 0 aliphatic rings.